The summed E-state index contributed by atoms with van der Waals surface area (Å²) in [6.45, 7) is 4.61. The fourth-order valence-corrected chi connectivity index (χ4v) is 2.39. The Balaban J connectivity index is 2.49. The zero-order valence-corrected chi connectivity index (χ0v) is 8.88. The Morgan fingerprint density at radius 2 is 2.07 bits per heavy atom. The van der Waals surface area contributed by atoms with E-state index in [9.17, 15) is 0 Å². The maximum Gasteiger partial charge on any atom is 0.0463 e. The van der Waals surface area contributed by atoms with Crippen molar-refractivity contribution in [2.75, 3.05) is 0 Å². The van der Waals surface area contributed by atoms with Crippen molar-refractivity contribution >= 4 is 0 Å². The molecular formula is C12H18N2. The smallest absolute Gasteiger partial charge is 0.0463 e. The van der Waals surface area contributed by atoms with Gasteiger partial charge in [0.05, 0.1) is 0 Å². The summed E-state index contributed by atoms with van der Waals surface area (Å²) in [4.78, 5) is 0. The minimum atomic E-state index is 0.296. The van der Waals surface area contributed by atoms with Crippen LogP contribution in [0.15, 0.2) is 24.3 Å². The summed E-state index contributed by atoms with van der Waals surface area (Å²) in [6.07, 6.45) is 2.32. The van der Waals surface area contributed by atoms with Gasteiger partial charge < -0.3 is 0 Å². The van der Waals surface area contributed by atoms with Gasteiger partial charge in [0, 0.05) is 6.04 Å². The summed E-state index contributed by atoms with van der Waals surface area (Å²) < 4.78 is 0. The molecule has 76 valence electrons. The highest BCUT2D eigenvalue weighted by Crippen LogP contribution is 2.40. The second kappa shape index (κ2) is 3.37. The number of fused-ring (bicyclic) bond motifs is 1. The summed E-state index contributed by atoms with van der Waals surface area (Å²) in [5.74, 6) is 5.56. The van der Waals surface area contributed by atoms with E-state index >= 15 is 0 Å². The molecule has 14 heavy (non-hydrogen) atoms. The molecule has 0 amide bonds. The summed E-state index contributed by atoms with van der Waals surface area (Å²) in [5.41, 5.74) is 6.00. The second-order valence-corrected chi connectivity index (χ2v) is 4.73. The molecule has 0 radical (unpaired) electrons. The number of hydrogen-bond acceptors (Lipinski definition) is 2. The van der Waals surface area contributed by atoms with Gasteiger partial charge >= 0.3 is 0 Å². The predicted molar refractivity (Wildman–Crippen MR) is 58.8 cm³/mol. The number of rotatable bonds is 1. The van der Waals surface area contributed by atoms with Crippen molar-refractivity contribution in [3.8, 4) is 0 Å². The molecule has 0 heterocycles. The predicted octanol–water partition coefficient (Wildman–Crippen LogP) is 2.26. The molecule has 2 heteroatoms. The van der Waals surface area contributed by atoms with Crippen LogP contribution in [0.2, 0.25) is 0 Å². The minimum Gasteiger partial charge on any atom is -0.271 e. The van der Waals surface area contributed by atoms with E-state index in [-0.39, 0.29) is 0 Å². The highest BCUT2D eigenvalue weighted by molar-refractivity contribution is 5.37. The molecule has 2 nitrogen and oxygen atoms in total. The van der Waals surface area contributed by atoms with Crippen LogP contribution in [-0.2, 0) is 5.41 Å². The average Bonchev–Trinajstić information content (AvgIpc) is 2.18. The number of hydrazine groups is 1. The van der Waals surface area contributed by atoms with Gasteiger partial charge in [0.2, 0.25) is 0 Å². The van der Waals surface area contributed by atoms with E-state index in [0.29, 0.717) is 11.5 Å². The first-order valence-corrected chi connectivity index (χ1v) is 5.21. The number of hydrogen-bond donors (Lipinski definition) is 2. The van der Waals surface area contributed by atoms with Crippen LogP contribution in [0.5, 0.6) is 0 Å². The second-order valence-electron chi connectivity index (χ2n) is 4.73. The third kappa shape index (κ3) is 1.45. The third-order valence-electron chi connectivity index (χ3n) is 3.32. The van der Waals surface area contributed by atoms with Crippen molar-refractivity contribution < 1.29 is 0 Å². The van der Waals surface area contributed by atoms with Gasteiger partial charge in [0.15, 0.2) is 0 Å². The van der Waals surface area contributed by atoms with E-state index in [0.717, 1.165) is 6.42 Å². The molecule has 1 aromatic rings. The van der Waals surface area contributed by atoms with Crippen molar-refractivity contribution in [3.63, 3.8) is 0 Å². The van der Waals surface area contributed by atoms with Crippen LogP contribution in [0.1, 0.15) is 43.9 Å². The molecular weight excluding hydrogens is 172 g/mol. The first-order valence-electron chi connectivity index (χ1n) is 5.21. The van der Waals surface area contributed by atoms with Gasteiger partial charge in [-0.1, -0.05) is 38.1 Å². The van der Waals surface area contributed by atoms with E-state index < -0.39 is 0 Å². The zero-order chi connectivity index (χ0) is 10.2. The van der Waals surface area contributed by atoms with E-state index in [2.05, 4.69) is 43.5 Å². The molecule has 0 spiro atoms. The first kappa shape index (κ1) is 9.69. The normalized spacial score (nSPS) is 24.4. The summed E-state index contributed by atoms with van der Waals surface area (Å²) in [7, 11) is 0. The lowest BCUT2D eigenvalue weighted by Gasteiger charge is -2.36. The summed E-state index contributed by atoms with van der Waals surface area (Å²) in [5, 5.41) is 0. The molecule has 0 saturated heterocycles. The van der Waals surface area contributed by atoms with Crippen LogP contribution in [0.3, 0.4) is 0 Å². The topological polar surface area (TPSA) is 38.0 Å². The largest absolute Gasteiger partial charge is 0.271 e. The Bertz CT molecular complexity index is 331. The van der Waals surface area contributed by atoms with Crippen LogP contribution in [0.4, 0.5) is 0 Å². The Hall–Kier alpha value is -0.860. The Kier molecular flexibility index (Phi) is 2.33. The molecule has 3 N–H and O–H groups in total. The minimum absolute atomic E-state index is 0.296. The lowest BCUT2D eigenvalue weighted by molar-refractivity contribution is 0.362. The monoisotopic (exact) mass is 190 g/mol. The lowest BCUT2D eigenvalue weighted by Crippen LogP contribution is -2.35. The van der Waals surface area contributed by atoms with Gasteiger partial charge in [0.1, 0.15) is 0 Å². The fraction of sp³-hybridized carbons (Fsp3) is 0.500. The van der Waals surface area contributed by atoms with Gasteiger partial charge in [-0.05, 0) is 29.4 Å². The number of benzene rings is 1. The molecule has 0 fully saturated rings. The van der Waals surface area contributed by atoms with Crippen molar-refractivity contribution in [2.45, 2.75) is 38.1 Å². The van der Waals surface area contributed by atoms with E-state index in [1.807, 2.05) is 0 Å². The maximum absolute atomic E-state index is 5.56. The van der Waals surface area contributed by atoms with Crippen LogP contribution in [-0.4, -0.2) is 0 Å². The molecule has 1 aliphatic rings. The molecule has 0 saturated carbocycles. The highest BCUT2D eigenvalue weighted by atomic mass is 15.2. The Morgan fingerprint density at radius 3 is 2.79 bits per heavy atom. The molecule has 0 aromatic heterocycles. The molecule has 1 atom stereocenters. The lowest BCUT2D eigenvalue weighted by atomic mass is 9.71. The van der Waals surface area contributed by atoms with E-state index in [1.165, 1.54) is 17.5 Å². The SMILES string of the molecule is CC1(C)CCC(NN)c2ccccc21. The maximum atomic E-state index is 5.56. The molecule has 1 aromatic carbocycles. The van der Waals surface area contributed by atoms with Gasteiger partial charge in [-0.15, -0.1) is 0 Å². The Morgan fingerprint density at radius 1 is 1.36 bits per heavy atom. The molecule has 2 rings (SSSR count). The van der Waals surface area contributed by atoms with Gasteiger partial charge in [-0.25, -0.2) is 0 Å². The number of nitrogens with two attached hydrogens (primary N) is 1. The standard InChI is InChI=1S/C12H18N2/c1-12(2)8-7-11(14-13)9-5-3-4-6-10(9)12/h3-6,11,14H,7-8,13H2,1-2H3. The van der Waals surface area contributed by atoms with Gasteiger partial charge in [-0.3, -0.25) is 11.3 Å². The van der Waals surface area contributed by atoms with Crippen molar-refractivity contribution in [2.24, 2.45) is 5.84 Å². The molecule has 1 aliphatic carbocycles. The van der Waals surface area contributed by atoms with Crippen LogP contribution in [0, 0.1) is 0 Å². The molecule has 0 aliphatic heterocycles. The molecule has 1 unspecified atom stereocenters. The van der Waals surface area contributed by atoms with Crippen molar-refractivity contribution in [3.05, 3.63) is 35.4 Å². The fourth-order valence-electron chi connectivity index (χ4n) is 2.39. The van der Waals surface area contributed by atoms with E-state index in [4.69, 9.17) is 5.84 Å². The summed E-state index contributed by atoms with van der Waals surface area (Å²) >= 11 is 0. The summed E-state index contributed by atoms with van der Waals surface area (Å²) in [6, 6.07) is 8.93. The van der Waals surface area contributed by atoms with Crippen molar-refractivity contribution in [1.82, 2.24) is 5.43 Å². The number of nitrogens with one attached hydrogen (secondary N) is 1. The zero-order valence-electron chi connectivity index (χ0n) is 8.88. The van der Waals surface area contributed by atoms with E-state index in [1.54, 1.807) is 0 Å². The quantitative estimate of drug-likeness (QED) is 0.526. The van der Waals surface area contributed by atoms with Crippen molar-refractivity contribution in [1.29, 1.82) is 0 Å². The molecule has 0 bridgehead atoms. The van der Waals surface area contributed by atoms with Gasteiger partial charge in [0.25, 0.3) is 0 Å². The van der Waals surface area contributed by atoms with Crippen LogP contribution >= 0.6 is 0 Å². The van der Waals surface area contributed by atoms with Gasteiger partial charge in [-0.2, -0.15) is 0 Å². The third-order valence-corrected chi connectivity index (χ3v) is 3.32. The highest BCUT2D eigenvalue weighted by Gasteiger charge is 2.31. The van der Waals surface area contributed by atoms with Crippen LogP contribution in [0.25, 0.3) is 0 Å². The van der Waals surface area contributed by atoms with Crippen LogP contribution < -0.4 is 11.3 Å². The average molecular weight is 190 g/mol. The first-order chi connectivity index (χ1) is 6.65. The Labute approximate surface area is 85.5 Å².